The van der Waals surface area contributed by atoms with Crippen molar-refractivity contribution in [1.82, 2.24) is 10.6 Å². The van der Waals surface area contributed by atoms with E-state index in [9.17, 15) is 4.79 Å². The topological polar surface area (TPSA) is 63.5 Å². The van der Waals surface area contributed by atoms with Crippen LogP contribution in [0, 0.1) is 13.8 Å². The molecule has 0 fully saturated rings. The van der Waals surface area contributed by atoms with Crippen LogP contribution >= 0.6 is 0 Å². The van der Waals surface area contributed by atoms with Gasteiger partial charge in [0, 0.05) is 24.2 Å². The summed E-state index contributed by atoms with van der Waals surface area (Å²) < 4.78 is 10.8. The van der Waals surface area contributed by atoms with Crippen LogP contribution in [0.3, 0.4) is 0 Å². The maximum absolute atomic E-state index is 11.7. The Hall–Kier alpha value is -1.49. The average molecular weight is 310 g/mol. The van der Waals surface area contributed by atoms with Crippen LogP contribution < -0.4 is 10.6 Å². The van der Waals surface area contributed by atoms with Crippen molar-refractivity contribution in [2.75, 3.05) is 6.54 Å². The minimum absolute atomic E-state index is 0.169. The summed E-state index contributed by atoms with van der Waals surface area (Å²) in [4.78, 5) is 11.7. The molecule has 2 N–H and O–H groups in total. The van der Waals surface area contributed by atoms with E-state index in [1.807, 2.05) is 34.6 Å². The highest BCUT2D eigenvalue weighted by molar-refractivity contribution is 5.67. The number of furan rings is 1. The molecule has 1 heterocycles. The highest BCUT2D eigenvalue weighted by atomic mass is 16.6. The molecule has 126 valence electrons. The van der Waals surface area contributed by atoms with Crippen LogP contribution in [0.1, 0.15) is 64.2 Å². The molecule has 0 spiro atoms. The van der Waals surface area contributed by atoms with Crippen molar-refractivity contribution in [1.29, 1.82) is 0 Å². The van der Waals surface area contributed by atoms with Crippen molar-refractivity contribution in [2.24, 2.45) is 0 Å². The second-order valence-corrected chi connectivity index (χ2v) is 6.74. The van der Waals surface area contributed by atoms with Gasteiger partial charge in [0.25, 0.3) is 0 Å². The fraction of sp³-hybridized carbons (Fsp3) is 0.706. The van der Waals surface area contributed by atoms with Crippen molar-refractivity contribution in [3.63, 3.8) is 0 Å². The first-order valence-electron chi connectivity index (χ1n) is 7.92. The average Bonchev–Trinajstić information content (AvgIpc) is 2.71. The summed E-state index contributed by atoms with van der Waals surface area (Å²) in [6.45, 7) is 14.2. The molecule has 0 aliphatic heterocycles. The van der Waals surface area contributed by atoms with Gasteiger partial charge in [0.1, 0.15) is 17.1 Å². The highest BCUT2D eigenvalue weighted by Gasteiger charge is 2.19. The number of alkyl carbamates (subject to hydrolysis) is 1. The molecular weight excluding hydrogens is 280 g/mol. The minimum Gasteiger partial charge on any atom is -0.466 e. The summed E-state index contributed by atoms with van der Waals surface area (Å²) in [5.41, 5.74) is 0.686. The quantitative estimate of drug-likeness (QED) is 0.837. The number of rotatable bonds is 6. The van der Waals surface area contributed by atoms with Gasteiger partial charge in [-0.1, -0.05) is 6.92 Å². The van der Waals surface area contributed by atoms with Gasteiger partial charge < -0.3 is 19.8 Å². The normalized spacial score (nSPS) is 14.5. The number of hydrogen-bond donors (Lipinski definition) is 2. The largest absolute Gasteiger partial charge is 0.466 e. The zero-order valence-electron chi connectivity index (χ0n) is 14.9. The molecule has 1 aromatic rings. The Morgan fingerprint density at radius 3 is 2.45 bits per heavy atom. The van der Waals surface area contributed by atoms with E-state index in [-0.39, 0.29) is 18.2 Å². The molecule has 5 heteroatoms. The number of carbonyl (C=O) groups is 1. The summed E-state index contributed by atoms with van der Waals surface area (Å²) in [6, 6.07) is 2.40. The van der Waals surface area contributed by atoms with Crippen molar-refractivity contribution in [3.05, 3.63) is 23.2 Å². The lowest BCUT2D eigenvalue weighted by molar-refractivity contribution is 0.0521. The van der Waals surface area contributed by atoms with Gasteiger partial charge in [-0.3, -0.25) is 0 Å². The molecule has 0 saturated heterocycles. The van der Waals surface area contributed by atoms with Crippen molar-refractivity contribution < 1.29 is 13.9 Å². The molecule has 5 nitrogen and oxygen atoms in total. The monoisotopic (exact) mass is 310 g/mol. The lowest BCUT2D eigenvalue weighted by Crippen LogP contribution is -2.43. The number of amides is 1. The van der Waals surface area contributed by atoms with Crippen LogP contribution in [0.15, 0.2) is 10.5 Å². The Balaban J connectivity index is 2.51. The first kappa shape index (κ1) is 18.6. The molecule has 0 saturated carbocycles. The lowest BCUT2D eigenvalue weighted by Gasteiger charge is -2.24. The van der Waals surface area contributed by atoms with Crippen LogP contribution in [0.25, 0.3) is 0 Å². The number of carbonyl (C=O) groups excluding carboxylic acids is 1. The molecule has 0 aliphatic rings. The van der Waals surface area contributed by atoms with Crippen molar-refractivity contribution in [3.8, 4) is 0 Å². The van der Waals surface area contributed by atoms with Gasteiger partial charge in [0.15, 0.2) is 0 Å². The Morgan fingerprint density at radius 2 is 2.00 bits per heavy atom. The minimum atomic E-state index is -0.474. The van der Waals surface area contributed by atoms with Gasteiger partial charge in [-0.15, -0.1) is 0 Å². The molecule has 0 aliphatic carbocycles. The van der Waals surface area contributed by atoms with Crippen LogP contribution in [0.4, 0.5) is 4.79 Å². The van der Waals surface area contributed by atoms with Crippen LogP contribution in [0.5, 0.6) is 0 Å². The molecule has 1 rings (SSSR count). The summed E-state index contributed by atoms with van der Waals surface area (Å²) in [5.74, 6) is 1.86. The van der Waals surface area contributed by atoms with E-state index in [2.05, 4.69) is 30.5 Å². The van der Waals surface area contributed by atoms with Gasteiger partial charge in [0.05, 0.1) is 0 Å². The van der Waals surface area contributed by atoms with Crippen molar-refractivity contribution in [2.45, 2.75) is 72.6 Å². The molecule has 0 bridgehead atoms. The SMILES string of the molecule is CCC(CNC(=O)OC(C)(C)C)NC(C)c1cc(C)oc1C. The van der Waals surface area contributed by atoms with E-state index in [4.69, 9.17) is 9.15 Å². The van der Waals surface area contributed by atoms with E-state index < -0.39 is 5.60 Å². The van der Waals surface area contributed by atoms with E-state index >= 15 is 0 Å². The first-order valence-corrected chi connectivity index (χ1v) is 7.92. The fourth-order valence-electron chi connectivity index (χ4n) is 2.37. The van der Waals surface area contributed by atoms with Crippen molar-refractivity contribution >= 4 is 6.09 Å². The third-order valence-corrected chi connectivity index (χ3v) is 3.42. The van der Waals surface area contributed by atoms with Gasteiger partial charge >= 0.3 is 6.09 Å². The van der Waals surface area contributed by atoms with Gasteiger partial charge in [0.2, 0.25) is 0 Å². The Bertz CT molecular complexity index is 489. The Kier molecular flexibility index (Phi) is 6.48. The number of hydrogen-bond acceptors (Lipinski definition) is 4. The summed E-state index contributed by atoms with van der Waals surface area (Å²) in [6.07, 6.45) is 0.534. The predicted molar refractivity (Wildman–Crippen MR) is 88.0 cm³/mol. The molecule has 22 heavy (non-hydrogen) atoms. The van der Waals surface area contributed by atoms with Gasteiger partial charge in [-0.05, 0) is 54.0 Å². The van der Waals surface area contributed by atoms with Gasteiger partial charge in [-0.2, -0.15) is 0 Å². The third-order valence-electron chi connectivity index (χ3n) is 3.42. The number of ether oxygens (including phenoxy) is 1. The molecule has 2 unspecified atom stereocenters. The Labute approximate surface area is 133 Å². The van der Waals surface area contributed by atoms with Gasteiger partial charge in [-0.25, -0.2) is 4.79 Å². The summed E-state index contributed by atoms with van der Waals surface area (Å²) in [5, 5.41) is 6.34. The molecule has 1 amide bonds. The molecular formula is C17H30N2O3. The van der Waals surface area contributed by atoms with E-state index in [1.54, 1.807) is 0 Å². The smallest absolute Gasteiger partial charge is 0.407 e. The molecule has 0 radical (unpaired) electrons. The molecule has 2 atom stereocenters. The maximum Gasteiger partial charge on any atom is 0.407 e. The van der Waals surface area contributed by atoms with E-state index in [0.29, 0.717) is 6.54 Å². The zero-order chi connectivity index (χ0) is 16.9. The summed E-state index contributed by atoms with van der Waals surface area (Å²) >= 11 is 0. The Morgan fingerprint density at radius 1 is 1.36 bits per heavy atom. The first-order chi connectivity index (χ1) is 10.1. The second-order valence-electron chi connectivity index (χ2n) is 6.74. The molecule has 1 aromatic heterocycles. The second kappa shape index (κ2) is 7.68. The zero-order valence-corrected chi connectivity index (χ0v) is 14.9. The predicted octanol–water partition coefficient (Wildman–Crippen LogP) is 3.85. The maximum atomic E-state index is 11.7. The van der Waals surface area contributed by atoms with E-state index in [1.165, 1.54) is 0 Å². The summed E-state index contributed by atoms with van der Waals surface area (Å²) in [7, 11) is 0. The van der Waals surface area contributed by atoms with E-state index in [0.717, 1.165) is 23.5 Å². The highest BCUT2D eigenvalue weighted by Crippen LogP contribution is 2.21. The van der Waals surface area contributed by atoms with Crippen LogP contribution in [0.2, 0.25) is 0 Å². The number of aryl methyl sites for hydroxylation is 2. The fourth-order valence-corrected chi connectivity index (χ4v) is 2.37. The molecule has 0 aromatic carbocycles. The third kappa shape index (κ3) is 6.10. The van der Waals surface area contributed by atoms with Crippen LogP contribution in [-0.2, 0) is 4.74 Å². The number of nitrogens with one attached hydrogen (secondary N) is 2. The standard InChI is InChI=1S/C17H30N2O3/c1-8-14(10-18-16(20)22-17(5,6)7)19-12(3)15-9-11(2)21-13(15)4/h9,12,14,19H,8,10H2,1-7H3,(H,18,20). The lowest BCUT2D eigenvalue weighted by atomic mass is 10.1. The van der Waals surface area contributed by atoms with Crippen LogP contribution in [-0.4, -0.2) is 24.3 Å².